The maximum absolute atomic E-state index is 11.9. The van der Waals surface area contributed by atoms with Crippen molar-refractivity contribution in [3.8, 4) is 0 Å². The van der Waals surface area contributed by atoms with Gasteiger partial charge in [-0.3, -0.25) is 14.9 Å². The first kappa shape index (κ1) is 11.4. The molecule has 0 aromatic carbocycles. The van der Waals surface area contributed by atoms with Crippen LogP contribution in [0.15, 0.2) is 0 Å². The Bertz CT molecular complexity index is 293. The summed E-state index contributed by atoms with van der Waals surface area (Å²) in [7, 11) is 0. The minimum atomic E-state index is -0.265. The number of nitrogens with zero attached hydrogens (tertiary/aromatic N) is 1. The average molecular weight is 225 g/mol. The Kier molecular flexibility index (Phi) is 3.43. The van der Waals surface area contributed by atoms with Gasteiger partial charge in [-0.1, -0.05) is 19.8 Å². The largest absolute Gasteiger partial charge is 0.351 e. The number of fused-ring (bicyclic) bond motifs is 1. The molecule has 2 amide bonds. The smallest absolute Gasteiger partial charge is 0.242 e. The molecular weight excluding hydrogens is 206 g/mol. The Morgan fingerprint density at radius 3 is 3.00 bits per heavy atom. The molecule has 2 unspecified atom stereocenters. The lowest BCUT2D eigenvalue weighted by Crippen LogP contribution is -2.69. The van der Waals surface area contributed by atoms with Gasteiger partial charge >= 0.3 is 0 Å². The third-order valence-corrected chi connectivity index (χ3v) is 3.28. The van der Waals surface area contributed by atoms with Gasteiger partial charge in [0.05, 0.1) is 6.54 Å². The van der Waals surface area contributed by atoms with Crippen LogP contribution in [0.25, 0.3) is 0 Å². The molecule has 2 heterocycles. The Morgan fingerprint density at radius 1 is 1.44 bits per heavy atom. The fraction of sp³-hybridized carbons (Fsp3) is 0.818. The van der Waals surface area contributed by atoms with E-state index in [2.05, 4.69) is 17.6 Å². The second-order valence-corrected chi connectivity index (χ2v) is 4.42. The molecule has 0 spiro atoms. The molecule has 90 valence electrons. The van der Waals surface area contributed by atoms with Crippen molar-refractivity contribution in [1.82, 2.24) is 15.5 Å². The second kappa shape index (κ2) is 4.82. The van der Waals surface area contributed by atoms with E-state index in [1.807, 2.05) is 0 Å². The van der Waals surface area contributed by atoms with Gasteiger partial charge in [-0.05, 0) is 6.42 Å². The summed E-state index contributed by atoms with van der Waals surface area (Å²) in [5.41, 5.74) is 0. The van der Waals surface area contributed by atoms with Crippen LogP contribution in [0.2, 0.25) is 0 Å². The minimum Gasteiger partial charge on any atom is -0.351 e. The molecule has 2 rings (SSSR count). The zero-order chi connectivity index (χ0) is 11.5. The quantitative estimate of drug-likeness (QED) is 0.700. The van der Waals surface area contributed by atoms with Gasteiger partial charge in [0.25, 0.3) is 0 Å². The molecule has 5 heteroatoms. The summed E-state index contributed by atoms with van der Waals surface area (Å²) in [6, 6.07) is -0.265. The first-order valence-electron chi connectivity index (χ1n) is 6.06. The summed E-state index contributed by atoms with van der Waals surface area (Å²) in [5.74, 6) is 0.112. The minimum absolute atomic E-state index is 0.000746. The van der Waals surface area contributed by atoms with Crippen LogP contribution < -0.4 is 10.6 Å². The number of nitrogens with one attached hydrogen (secondary N) is 2. The van der Waals surface area contributed by atoms with Gasteiger partial charge in [0.15, 0.2) is 0 Å². The van der Waals surface area contributed by atoms with E-state index in [9.17, 15) is 9.59 Å². The van der Waals surface area contributed by atoms with Gasteiger partial charge in [0, 0.05) is 13.0 Å². The highest BCUT2D eigenvalue weighted by Gasteiger charge is 2.40. The Morgan fingerprint density at radius 2 is 2.25 bits per heavy atom. The number of unbranched alkanes of at least 4 members (excludes halogenated alkanes) is 1. The fourth-order valence-corrected chi connectivity index (χ4v) is 2.42. The number of piperazine rings is 1. The molecular formula is C11H19N3O2. The molecule has 0 aliphatic carbocycles. The fourth-order valence-electron chi connectivity index (χ4n) is 2.42. The van der Waals surface area contributed by atoms with Crippen molar-refractivity contribution in [2.75, 3.05) is 13.1 Å². The third kappa shape index (κ3) is 2.04. The highest BCUT2D eigenvalue weighted by Crippen LogP contribution is 2.19. The Balaban J connectivity index is 2.10. The van der Waals surface area contributed by atoms with Crippen molar-refractivity contribution in [3.63, 3.8) is 0 Å². The summed E-state index contributed by atoms with van der Waals surface area (Å²) in [5, 5.41) is 6.13. The van der Waals surface area contributed by atoms with Gasteiger partial charge in [-0.25, -0.2) is 0 Å². The van der Waals surface area contributed by atoms with E-state index >= 15 is 0 Å². The zero-order valence-corrected chi connectivity index (χ0v) is 9.66. The molecule has 0 radical (unpaired) electrons. The first-order chi connectivity index (χ1) is 7.74. The SMILES string of the molecule is CCCCC1C(=O)NCC2NCCC(=O)N21. The first-order valence-corrected chi connectivity index (χ1v) is 6.06. The predicted octanol–water partition coefficient (Wildman–Crippen LogP) is -0.177. The van der Waals surface area contributed by atoms with Gasteiger partial charge < -0.3 is 10.2 Å². The van der Waals surface area contributed by atoms with E-state index in [1.54, 1.807) is 4.90 Å². The number of carbonyl (C=O) groups is 2. The molecule has 0 bridgehead atoms. The van der Waals surface area contributed by atoms with Crippen molar-refractivity contribution in [1.29, 1.82) is 0 Å². The normalized spacial score (nSPS) is 29.9. The third-order valence-electron chi connectivity index (χ3n) is 3.28. The lowest BCUT2D eigenvalue weighted by atomic mass is 10.0. The maximum atomic E-state index is 11.9. The highest BCUT2D eigenvalue weighted by molar-refractivity contribution is 5.89. The summed E-state index contributed by atoms with van der Waals surface area (Å²) < 4.78 is 0. The molecule has 0 saturated carbocycles. The van der Waals surface area contributed by atoms with Crippen LogP contribution in [0.3, 0.4) is 0 Å². The highest BCUT2D eigenvalue weighted by atomic mass is 16.2. The van der Waals surface area contributed by atoms with Crippen LogP contribution in [-0.2, 0) is 9.59 Å². The van der Waals surface area contributed by atoms with Crippen molar-refractivity contribution in [3.05, 3.63) is 0 Å². The lowest BCUT2D eigenvalue weighted by Gasteiger charge is -2.44. The van der Waals surface area contributed by atoms with E-state index in [-0.39, 0.29) is 24.0 Å². The molecule has 5 nitrogen and oxygen atoms in total. The summed E-state index contributed by atoms with van der Waals surface area (Å²) >= 11 is 0. The maximum Gasteiger partial charge on any atom is 0.242 e. The molecule has 0 aromatic heterocycles. The van der Waals surface area contributed by atoms with Gasteiger partial charge in [0.2, 0.25) is 11.8 Å². The zero-order valence-electron chi connectivity index (χ0n) is 9.66. The number of amides is 2. The molecule has 2 N–H and O–H groups in total. The van der Waals surface area contributed by atoms with E-state index in [0.717, 1.165) is 25.8 Å². The van der Waals surface area contributed by atoms with E-state index in [0.29, 0.717) is 13.0 Å². The molecule has 2 aliphatic heterocycles. The van der Waals surface area contributed by atoms with Crippen molar-refractivity contribution in [2.45, 2.75) is 44.8 Å². The summed E-state index contributed by atoms with van der Waals surface area (Å²) in [6.45, 7) is 3.35. The number of carbonyl (C=O) groups excluding carboxylic acids is 2. The standard InChI is InChI=1S/C11H19N3O2/c1-2-3-4-8-11(16)13-7-9-12-6-5-10(15)14(8)9/h8-9,12H,2-7H2,1H3,(H,13,16). The molecule has 2 aliphatic rings. The van der Waals surface area contributed by atoms with Crippen molar-refractivity contribution < 1.29 is 9.59 Å². The number of hydrogen-bond donors (Lipinski definition) is 2. The predicted molar refractivity (Wildman–Crippen MR) is 59.6 cm³/mol. The Labute approximate surface area is 95.6 Å². The molecule has 2 fully saturated rings. The molecule has 2 saturated heterocycles. The van der Waals surface area contributed by atoms with Crippen LogP contribution in [0, 0.1) is 0 Å². The molecule has 16 heavy (non-hydrogen) atoms. The van der Waals surface area contributed by atoms with E-state index in [1.165, 1.54) is 0 Å². The number of rotatable bonds is 3. The van der Waals surface area contributed by atoms with Gasteiger partial charge in [-0.15, -0.1) is 0 Å². The van der Waals surface area contributed by atoms with Crippen LogP contribution in [0.4, 0.5) is 0 Å². The monoisotopic (exact) mass is 225 g/mol. The summed E-state index contributed by atoms with van der Waals surface area (Å²) in [6.07, 6.45) is 3.30. The molecule has 0 aromatic rings. The van der Waals surface area contributed by atoms with Gasteiger partial charge in [0.1, 0.15) is 12.2 Å². The van der Waals surface area contributed by atoms with Crippen LogP contribution in [-0.4, -0.2) is 42.0 Å². The average Bonchev–Trinajstić information content (AvgIpc) is 2.28. The van der Waals surface area contributed by atoms with E-state index < -0.39 is 0 Å². The summed E-state index contributed by atoms with van der Waals surface area (Å²) in [4.78, 5) is 25.4. The van der Waals surface area contributed by atoms with Crippen molar-refractivity contribution in [2.24, 2.45) is 0 Å². The second-order valence-electron chi connectivity index (χ2n) is 4.42. The topological polar surface area (TPSA) is 61.4 Å². The van der Waals surface area contributed by atoms with E-state index in [4.69, 9.17) is 0 Å². The lowest BCUT2D eigenvalue weighted by molar-refractivity contribution is -0.151. The Hall–Kier alpha value is -1.10. The van der Waals surface area contributed by atoms with Gasteiger partial charge in [-0.2, -0.15) is 0 Å². The van der Waals surface area contributed by atoms with Crippen LogP contribution >= 0.6 is 0 Å². The van der Waals surface area contributed by atoms with Crippen LogP contribution in [0.1, 0.15) is 32.6 Å². The van der Waals surface area contributed by atoms with Crippen molar-refractivity contribution >= 4 is 11.8 Å². The number of hydrogen-bond acceptors (Lipinski definition) is 3. The molecule has 2 atom stereocenters. The van der Waals surface area contributed by atoms with Crippen LogP contribution in [0.5, 0.6) is 0 Å².